The molecule has 154 valence electrons. The number of carbonyl (C=O) groups excluding carboxylic acids is 1. The molecule has 1 saturated heterocycles. The van der Waals surface area contributed by atoms with Gasteiger partial charge in [0, 0.05) is 18.0 Å². The van der Waals surface area contributed by atoms with E-state index in [2.05, 4.69) is 42.2 Å². The van der Waals surface area contributed by atoms with Gasteiger partial charge in [-0.15, -0.1) is 0 Å². The van der Waals surface area contributed by atoms with Crippen LogP contribution < -0.4 is 4.90 Å². The van der Waals surface area contributed by atoms with Crippen LogP contribution in [0.4, 0.5) is 10.1 Å². The van der Waals surface area contributed by atoms with Crippen molar-refractivity contribution in [3.63, 3.8) is 0 Å². The van der Waals surface area contributed by atoms with Gasteiger partial charge in [-0.1, -0.05) is 55.4 Å². The van der Waals surface area contributed by atoms with Gasteiger partial charge in [-0.3, -0.25) is 9.69 Å². The van der Waals surface area contributed by atoms with E-state index in [1.54, 1.807) is 23.1 Å². The largest absolute Gasteiger partial charge is 0.344 e. The molecule has 0 spiro atoms. The normalized spacial score (nSPS) is 19.0. The summed E-state index contributed by atoms with van der Waals surface area (Å²) in [6.45, 7) is 2.59. The number of unbranched alkanes of at least 4 members (excludes halogenated alkanes) is 1. The van der Waals surface area contributed by atoms with E-state index < -0.39 is 5.92 Å². The Balaban J connectivity index is 1.58. The zero-order chi connectivity index (χ0) is 21.1. The molecule has 0 bridgehead atoms. The van der Waals surface area contributed by atoms with Crippen molar-refractivity contribution in [1.82, 2.24) is 4.90 Å². The van der Waals surface area contributed by atoms with Crippen molar-refractivity contribution in [2.75, 3.05) is 17.4 Å². The molecule has 30 heavy (non-hydrogen) atoms. The summed E-state index contributed by atoms with van der Waals surface area (Å²) in [7, 11) is 0. The zero-order valence-electron chi connectivity index (χ0n) is 17.0. The highest BCUT2D eigenvalue weighted by Crippen LogP contribution is 2.43. The molecule has 0 N–H and O–H groups in total. The molecule has 1 unspecified atom stereocenters. The van der Waals surface area contributed by atoms with E-state index in [4.69, 9.17) is 0 Å². The summed E-state index contributed by atoms with van der Waals surface area (Å²) in [5, 5.41) is 10.5. The first-order chi connectivity index (χ1) is 14.6. The number of hydrogen-bond donors (Lipinski definition) is 0. The second-order valence-corrected chi connectivity index (χ2v) is 8.59. The van der Waals surface area contributed by atoms with Crippen LogP contribution in [-0.2, 0) is 11.2 Å². The molecule has 2 aliphatic rings. The summed E-state index contributed by atoms with van der Waals surface area (Å²) in [6.07, 6.45) is 3.53. The molecule has 6 heteroatoms. The van der Waals surface area contributed by atoms with Crippen molar-refractivity contribution in [2.24, 2.45) is 0 Å². The van der Waals surface area contributed by atoms with Crippen LogP contribution in [0.15, 0.2) is 59.1 Å². The quantitative estimate of drug-likeness (QED) is 0.650. The van der Waals surface area contributed by atoms with Crippen molar-refractivity contribution in [2.45, 2.75) is 38.5 Å². The van der Waals surface area contributed by atoms with E-state index >= 15 is 0 Å². The lowest BCUT2D eigenvalue weighted by Crippen LogP contribution is -2.47. The second kappa shape index (κ2) is 8.93. The van der Waals surface area contributed by atoms with Crippen LogP contribution in [0.25, 0.3) is 0 Å². The third-order valence-electron chi connectivity index (χ3n) is 5.69. The summed E-state index contributed by atoms with van der Waals surface area (Å²) in [5.74, 6) is -0.327. The smallest absolute Gasteiger partial charge is 0.229 e. The van der Waals surface area contributed by atoms with E-state index in [1.807, 2.05) is 0 Å². The maximum Gasteiger partial charge on any atom is 0.229 e. The predicted molar refractivity (Wildman–Crippen MR) is 118 cm³/mol. The van der Waals surface area contributed by atoms with Crippen molar-refractivity contribution >= 4 is 23.4 Å². The highest BCUT2D eigenvalue weighted by molar-refractivity contribution is 8.03. The minimum atomic E-state index is -0.521. The van der Waals surface area contributed by atoms with E-state index in [1.165, 1.54) is 36.2 Å². The van der Waals surface area contributed by atoms with Crippen molar-refractivity contribution in [3.05, 3.63) is 76.1 Å². The molecule has 2 aromatic rings. The Morgan fingerprint density at radius 3 is 2.67 bits per heavy atom. The molecule has 2 heterocycles. The van der Waals surface area contributed by atoms with Gasteiger partial charge in [-0.25, -0.2) is 4.39 Å². The van der Waals surface area contributed by atoms with E-state index in [-0.39, 0.29) is 18.1 Å². The first-order valence-corrected chi connectivity index (χ1v) is 11.3. The Morgan fingerprint density at radius 1 is 1.20 bits per heavy atom. The molecule has 1 atom stereocenters. The summed E-state index contributed by atoms with van der Waals surface area (Å²) < 4.78 is 14.4. The zero-order valence-corrected chi connectivity index (χ0v) is 17.8. The third kappa shape index (κ3) is 3.95. The number of nitrogens with zero attached hydrogens (tertiary/aromatic N) is 3. The molecular formula is C24H24FN3OS. The van der Waals surface area contributed by atoms with Crippen molar-refractivity contribution < 1.29 is 9.18 Å². The highest BCUT2D eigenvalue weighted by atomic mass is 32.2. The fraction of sp³-hybridized carbons (Fsp3) is 0.333. The Morgan fingerprint density at radius 2 is 1.97 bits per heavy atom. The van der Waals surface area contributed by atoms with Crippen LogP contribution in [0.5, 0.6) is 0 Å². The fourth-order valence-electron chi connectivity index (χ4n) is 4.00. The summed E-state index contributed by atoms with van der Waals surface area (Å²) in [6, 6.07) is 17.2. The average Bonchev–Trinajstić information content (AvgIpc) is 2.78. The van der Waals surface area contributed by atoms with Crippen molar-refractivity contribution in [3.8, 4) is 6.07 Å². The molecule has 1 amide bonds. The van der Waals surface area contributed by atoms with Gasteiger partial charge in [0.15, 0.2) is 0 Å². The average molecular weight is 422 g/mol. The Kier molecular flexibility index (Phi) is 6.10. The molecule has 0 radical (unpaired) electrons. The molecule has 0 aliphatic carbocycles. The molecule has 2 aliphatic heterocycles. The number of thioether (sulfide) groups is 1. The van der Waals surface area contributed by atoms with E-state index in [9.17, 15) is 14.4 Å². The van der Waals surface area contributed by atoms with Crippen LogP contribution in [0, 0.1) is 17.1 Å². The van der Waals surface area contributed by atoms with Gasteiger partial charge in [0.25, 0.3) is 0 Å². The predicted octanol–water partition coefficient (Wildman–Crippen LogP) is 5.39. The molecule has 0 saturated carbocycles. The Labute approximate surface area is 181 Å². The second-order valence-electron chi connectivity index (χ2n) is 7.66. The monoisotopic (exact) mass is 421 g/mol. The third-order valence-corrected chi connectivity index (χ3v) is 6.85. The minimum Gasteiger partial charge on any atom is -0.344 e. The lowest BCUT2D eigenvalue weighted by atomic mass is 9.86. The highest BCUT2D eigenvalue weighted by Gasteiger charge is 2.39. The van der Waals surface area contributed by atoms with Gasteiger partial charge in [0.1, 0.15) is 5.82 Å². The van der Waals surface area contributed by atoms with E-state index in [0.29, 0.717) is 28.7 Å². The van der Waals surface area contributed by atoms with Gasteiger partial charge in [0.2, 0.25) is 5.91 Å². The van der Waals surface area contributed by atoms with Gasteiger partial charge in [-0.2, -0.15) is 5.26 Å². The summed E-state index contributed by atoms with van der Waals surface area (Å²) in [4.78, 5) is 16.8. The molecule has 2 aromatic carbocycles. The summed E-state index contributed by atoms with van der Waals surface area (Å²) >= 11 is 1.47. The number of rotatable bonds is 5. The number of carbonyl (C=O) groups is 1. The number of allylic oxidation sites excluding steroid dienone is 1. The number of hydrogen-bond acceptors (Lipinski definition) is 4. The number of anilines is 1. The number of amides is 1. The number of halogens is 1. The van der Waals surface area contributed by atoms with Gasteiger partial charge in [0.05, 0.1) is 29.2 Å². The lowest BCUT2D eigenvalue weighted by molar-refractivity contribution is -0.129. The van der Waals surface area contributed by atoms with Crippen LogP contribution in [0.2, 0.25) is 0 Å². The molecule has 1 fully saturated rings. The molecular weight excluding hydrogens is 397 g/mol. The van der Waals surface area contributed by atoms with Crippen LogP contribution >= 0.6 is 11.8 Å². The van der Waals surface area contributed by atoms with Crippen LogP contribution in [0.3, 0.4) is 0 Å². The minimum absolute atomic E-state index is 0.0750. The SMILES string of the molecule is CCCCc1ccc(N2CSC3=C(C#N)C(c4ccccc4F)CC(=O)N3C2)cc1. The molecule has 0 aromatic heterocycles. The summed E-state index contributed by atoms with van der Waals surface area (Å²) in [5.41, 5.74) is 3.28. The van der Waals surface area contributed by atoms with Crippen LogP contribution in [0.1, 0.15) is 43.2 Å². The molecule has 4 rings (SSSR count). The standard InChI is InChI=1S/C24H24FN3OS/c1-2-3-6-17-9-11-18(12-10-17)27-15-28-23(29)13-20(19-7-4-5-8-22(19)25)21(14-26)24(28)30-16-27/h4-5,7-12,20H,2-3,6,13,15-16H2,1H3. The van der Waals surface area contributed by atoms with Gasteiger partial charge >= 0.3 is 0 Å². The first kappa shape index (κ1) is 20.5. The van der Waals surface area contributed by atoms with Crippen molar-refractivity contribution in [1.29, 1.82) is 5.26 Å². The number of aryl methyl sites for hydroxylation is 1. The first-order valence-electron chi connectivity index (χ1n) is 10.3. The van der Waals surface area contributed by atoms with Gasteiger partial charge in [-0.05, 0) is 42.2 Å². The number of benzene rings is 2. The maximum atomic E-state index is 14.4. The van der Waals surface area contributed by atoms with Gasteiger partial charge < -0.3 is 4.90 Å². The Bertz CT molecular complexity index is 1010. The van der Waals surface area contributed by atoms with Crippen LogP contribution in [-0.4, -0.2) is 23.4 Å². The fourth-order valence-corrected chi connectivity index (χ4v) is 5.17. The number of fused-ring (bicyclic) bond motifs is 1. The van der Waals surface area contributed by atoms with E-state index in [0.717, 1.165) is 12.1 Å². The number of nitriles is 1. The Hall–Kier alpha value is -2.78. The maximum absolute atomic E-state index is 14.4. The molecule has 4 nitrogen and oxygen atoms in total. The topological polar surface area (TPSA) is 47.3 Å². The lowest BCUT2D eigenvalue weighted by Gasteiger charge is -2.42.